The van der Waals surface area contributed by atoms with Crippen molar-refractivity contribution in [2.45, 2.75) is 52.1 Å². The molecule has 1 amide bonds. The van der Waals surface area contributed by atoms with Crippen molar-refractivity contribution in [2.75, 3.05) is 26.2 Å². The normalized spacial score (nSPS) is 20.5. The van der Waals surface area contributed by atoms with Crippen LogP contribution in [-0.2, 0) is 17.9 Å². The van der Waals surface area contributed by atoms with Crippen molar-refractivity contribution in [3.05, 3.63) is 36.2 Å². The van der Waals surface area contributed by atoms with Crippen molar-refractivity contribution in [1.29, 1.82) is 0 Å². The van der Waals surface area contributed by atoms with Crippen molar-refractivity contribution in [3.63, 3.8) is 0 Å². The Morgan fingerprint density at radius 1 is 1.22 bits per heavy atom. The highest BCUT2D eigenvalue weighted by Gasteiger charge is 2.40. The van der Waals surface area contributed by atoms with Crippen LogP contribution in [0.3, 0.4) is 0 Å². The van der Waals surface area contributed by atoms with Crippen LogP contribution < -0.4 is 0 Å². The number of nitrogens with zero attached hydrogens (tertiary/aromatic N) is 5. The minimum atomic E-state index is 0.302. The van der Waals surface area contributed by atoms with Gasteiger partial charge in [-0.1, -0.05) is 5.16 Å². The molecule has 2 aliphatic rings. The summed E-state index contributed by atoms with van der Waals surface area (Å²) in [5.74, 6) is 1.27. The van der Waals surface area contributed by atoms with Gasteiger partial charge in [-0.25, -0.2) is 4.98 Å². The second-order valence-electron chi connectivity index (χ2n) is 8.18. The number of likely N-dealkylation sites (tertiary alicyclic amines) is 2. The van der Waals surface area contributed by atoms with E-state index in [1.165, 1.54) is 0 Å². The van der Waals surface area contributed by atoms with Crippen LogP contribution in [0.4, 0.5) is 0 Å². The van der Waals surface area contributed by atoms with Gasteiger partial charge >= 0.3 is 0 Å². The number of hydrogen-bond donors (Lipinski definition) is 0. The molecule has 0 aromatic carbocycles. The first-order valence-electron chi connectivity index (χ1n) is 10.0. The molecule has 0 atom stereocenters. The summed E-state index contributed by atoms with van der Waals surface area (Å²) in [5.41, 5.74) is 1.24. The van der Waals surface area contributed by atoms with Crippen LogP contribution in [0.2, 0.25) is 0 Å². The SMILES string of the molecule is Cc1cc(CN2CCC3(CCC(=O)N(CCCn4ccnc4)C3)CC2)on1. The molecule has 0 N–H and O–H groups in total. The molecular formula is C20H29N5O2. The number of imidazole rings is 1. The number of hydrogen-bond acceptors (Lipinski definition) is 5. The summed E-state index contributed by atoms with van der Waals surface area (Å²) < 4.78 is 7.44. The number of amides is 1. The van der Waals surface area contributed by atoms with Gasteiger partial charge in [0.05, 0.1) is 18.6 Å². The van der Waals surface area contributed by atoms with Crippen molar-refractivity contribution in [2.24, 2.45) is 5.41 Å². The number of carbonyl (C=O) groups excluding carboxylic acids is 1. The third-order valence-electron chi connectivity index (χ3n) is 6.12. The zero-order valence-corrected chi connectivity index (χ0v) is 16.1. The standard InChI is InChI=1S/C20H29N5O2/c1-17-13-18(27-22-17)14-23-10-5-20(6-11-23)4-3-19(26)25(15-20)9-2-8-24-12-7-21-16-24/h7,12-13,16H,2-6,8-11,14-15H2,1H3. The fourth-order valence-electron chi connectivity index (χ4n) is 4.47. The quantitative estimate of drug-likeness (QED) is 0.780. The summed E-state index contributed by atoms with van der Waals surface area (Å²) in [7, 11) is 0. The Morgan fingerprint density at radius 2 is 2.07 bits per heavy atom. The number of aryl methyl sites for hydroxylation is 2. The van der Waals surface area contributed by atoms with Crippen LogP contribution >= 0.6 is 0 Å². The van der Waals surface area contributed by atoms with Crippen LogP contribution in [0.15, 0.2) is 29.3 Å². The molecule has 0 unspecified atom stereocenters. The maximum absolute atomic E-state index is 12.4. The van der Waals surface area contributed by atoms with E-state index in [4.69, 9.17) is 4.52 Å². The zero-order chi connectivity index (χ0) is 18.7. The van der Waals surface area contributed by atoms with E-state index in [0.717, 1.165) is 76.4 Å². The molecule has 2 aromatic rings. The fourth-order valence-corrected chi connectivity index (χ4v) is 4.47. The van der Waals surface area contributed by atoms with Crippen LogP contribution in [0.1, 0.15) is 43.6 Å². The molecule has 0 saturated carbocycles. The molecular weight excluding hydrogens is 342 g/mol. The summed E-state index contributed by atoms with van der Waals surface area (Å²) in [6, 6.07) is 2.02. The maximum atomic E-state index is 12.4. The minimum Gasteiger partial charge on any atom is -0.360 e. The van der Waals surface area contributed by atoms with Gasteiger partial charge in [-0.3, -0.25) is 9.69 Å². The Kier molecular flexibility index (Phi) is 5.29. The molecule has 0 bridgehead atoms. The molecule has 0 radical (unpaired) electrons. The fraction of sp³-hybridized carbons (Fsp3) is 0.650. The van der Waals surface area contributed by atoms with Crippen LogP contribution in [0.25, 0.3) is 0 Å². The summed E-state index contributed by atoms with van der Waals surface area (Å²) >= 11 is 0. The highest BCUT2D eigenvalue weighted by atomic mass is 16.5. The first-order valence-corrected chi connectivity index (χ1v) is 10.0. The topological polar surface area (TPSA) is 67.4 Å². The Bertz CT molecular complexity index is 746. The third-order valence-corrected chi connectivity index (χ3v) is 6.12. The van der Waals surface area contributed by atoms with E-state index in [9.17, 15) is 4.79 Å². The molecule has 146 valence electrons. The summed E-state index contributed by atoms with van der Waals surface area (Å²) in [6.07, 6.45) is 10.7. The van der Waals surface area contributed by atoms with E-state index in [0.29, 0.717) is 17.7 Å². The van der Waals surface area contributed by atoms with E-state index in [1.54, 1.807) is 6.20 Å². The van der Waals surface area contributed by atoms with Gasteiger partial charge in [-0.05, 0) is 51.1 Å². The molecule has 7 heteroatoms. The van der Waals surface area contributed by atoms with Gasteiger partial charge < -0.3 is 14.0 Å². The summed E-state index contributed by atoms with van der Waals surface area (Å²) in [4.78, 5) is 21.0. The van der Waals surface area contributed by atoms with Gasteiger partial charge in [0.25, 0.3) is 0 Å². The molecule has 27 heavy (non-hydrogen) atoms. The summed E-state index contributed by atoms with van der Waals surface area (Å²) in [5, 5.41) is 3.98. The van der Waals surface area contributed by atoms with Crippen molar-refractivity contribution >= 4 is 5.91 Å². The number of aromatic nitrogens is 3. The molecule has 4 heterocycles. The molecule has 1 spiro atoms. The summed E-state index contributed by atoms with van der Waals surface area (Å²) in [6.45, 7) is 7.61. The monoisotopic (exact) mass is 371 g/mol. The molecule has 2 aliphatic heterocycles. The highest BCUT2D eigenvalue weighted by molar-refractivity contribution is 5.77. The predicted molar refractivity (Wildman–Crippen MR) is 101 cm³/mol. The first kappa shape index (κ1) is 18.2. The smallest absolute Gasteiger partial charge is 0.222 e. The number of carbonyl (C=O) groups is 1. The van der Waals surface area contributed by atoms with E-state index in [-0.39, 0.29) is 0 Å². The Hall–Kier alpha value is -2.15. The van der Waals surface area contributed by atoms with Crippen molar-refractivity contribution in [3.8, 4) is 0 Å². The zero-order valence-electron chi connectivity index (χ0n) is 16.1. The van der Waals surface area contributed by atoms with Gasteiger partial charge in [0.1, 0.15) is 0 Å². The van der Waals surface area contributed by atoms with Crippen LogP contribution in [-0.4, -0.2) is 56.6 Å². The predicted octanol–water partition coefficient (Wildman–Crippen LogP) is 2.47. The molecule has 2 fully saturated rings. The second kappa shape index (κ2) is 7.84. The van der Waals surface area contributed by atoms with E-state index >= 15 is 0 Å². The minimum absolute atomic E-state index is 0.302. The highest BCUT2D eigenvalue weighted by Crippen LogP contribution is 2.40. The van der Waals surface area contributed by atoms with Gasteiger partial charge in [0, 0.05) is 44.5 Å². The Balaban J connectivity index is 1.27. The lowest BCUT2D eigenvalue weighted by molar-refractivity contribution is -0.139. The van der Waals surface area contributed by atoms with E-state index in [1.807, 2.05) is 25.5 Å². The lowest BCUT2D eigenvalue weighted by Gasteiger charge is -2.47. The lowest BCUT2D eigenvalue weighted by atomic mass is 9.72. The Labute approximate surface area is 160 Å². The third kappa shape index (κ3) is 4.40. The van der Waals surface area contributed by atoms with Crippen LogP contribution in [0.5, 0.6) is 0 Å². The van der Waals surface area contributed by atoms with Crippen LogP contribution in [0, 0.1) is 12.3 Å². The van der Waals surface area contributed by atoms with Gasteiger partial charge in [0.2, 0.25) is 5.91 Å². The second-order valence-corrected chi connectivity index (χ2v) is 8.18. The number of rotatable bonds is 6. The largest absolute Gasteiger partial charge is 0.360 e. The average molecular weight is 371 g/mol. The van der Waals surface area contributed by atoms with E-state index < -0.39 is 0 Å². The molecule has 4 rings (SSSR count). The van der Waals surface area contributed by atoms with Gasteiger partial charge in [0.15, 0.2) is 5.76 Å². The average Bonchev–Trinajstić information content (AvgIpc) is 3.32. The lowest BCUT2D eigenvalue weighted by Crippen LogP contribution is -2.51. The first-order chi connectivity index (χ1) is 13.1. The van der Waals surface area contributed by atoms with E-state index in [2.05, 4.69) is 24.5 Å². The molecule has 7 nitrogen and oxygen atoms in total. The van der Waals surface area contributed by atoms with Crippen molar-refractivity contribution < 1.29 is 9.32 Å². The van der Waals surface area contributed by atoms with Gasteiger partial charge in [-0.15, -0.1) is 0 Å². The Morgan fingerprint density at radius 3 is 2.78 bits per heavy atom. The van der Waals surface area contributed by atoms with Crippen molar-refractivity contribution in [1.82, 2.24) is 24.5 Å². The molecule has 2 saturated heterocycles. The van der Waals surface area contributed by atoms with Gasteiger partial charge in [-0.2, -0.15) is 0 Å². The molecule has 2 aromatic heterocycles. The molecule has 0 aliphatic carbocycles. The maximum Gasteiger partial charge on any atom is 0.222 e. The number of piperidine rings is 2.